The third-order valence-electron chi connectivity index (χ3n) is 2.91. The van der Waals surface area contributed by atoms with Gasteiger partial charge in [-0.05, 0) is 33.2 Å². The lowest BCUT2D eigenvalue weighted by Crippen LogP contribution is -2.43. The van der Waals surface area contributed by atoms with E-state index in [2.05, 4.69) is 14.9 Å². The zero-order chi connectivity index (χ0) is 11.1. The second-order valence-electron chi connectivity index (χ2n) is 4.23. The molecule has 0 aliphatic rings. The van der Waals surface area contributed by atoms with E-state index in [0.29, 0.717) is 0 Å². The molecule has 15 heavy (non-hydrogen) atoms. The van der Waals surface area contributed by atoms with E-state index < -0.39 is 0 Å². The molecule has 0 amide bonds. The minimum Gasteiger partial charge on any atom is -0.394 e. The van der Waals surface area contributed by atoms with Crippen LogP contribution in [0.4, 0.5) is 0 Å². The minimum atomic E-state index is -0.130. The Hall–Kier alpha value is -0.870. The van der Waals surface area contributed by atoms with Crippen molar-refractivity contribution in [3.05, 3.63) is 18.7 Å². The molecule has 0 radical (unpaired) electrons. The van der Waals surface area contributed by atoms with Crippen molar-refractivity contribution >= 4 is 0 Å². The summed E-state index contributed by atoms with van der Waals surface area (Å²) >= 11 is 0. The van der Waals surface area contributed by atoms with Gasteiger partial charge in [0.2, 0.25) is 0 Å². The third-order valence-corrected chi connectivity index (χ3v) is 2.91. The van der Waals surface area contributed by atoms with Crippen molar-refractivity contribution < 1.29 is 5.11 Å². The lowest BCUT2D eigenvalue weighted by molar-refractivity contribution is 0.170. The summed E-state index contributed by atoms with van der Waals surface area (Å²) in [4.78, 5) is 3.99. The van der Waals surface area contributed by atoms with Gasteiger partial charge in [-0.1, -0.05) is 0 Å². The van der Waals surface area contributed by atoms with Crippen LogP contribution in [0.1, 0.15) is 26.2 Å². The van der Waals surface area contributed by atoms with E-state index in [1.165, 1.54) is 0 Å². The highest BCUT2D eigenvalue weighted by Gasteiger charge is 2.19. The van der Waals surface area contributed by atoms with Crippen molar-refractivity contribution in [1.29, 1.82) is 0 Å². The quantitative estimate of drug-likeness (QED) is 0.662. The van der Waals surface area contributed by atoms with Crippen molar-refractivity contribution in [2.45, 2.75) is 38.3 Å². The van der Waals surface area contributed by atoms with E-state index in [0.717, 1.165) is 25.8 Å². The van der Waals surface area contributed by atoms with Crippen LogP contribution in [0.25, 0.3) is 0 Å². The zero-order valence-corrected chi connectivity index (χ0v) is 9.61. The van der Waals surface area contributed by atoms with E-state index in [-0.39, 0.29) is 12.1 Å². The Morgan fingerprint density at radius 2 is 2.27 bits per heavy atom. The molecule has 4 nitrogen and oxygen atoms in total. The number of likely N-dealkylation sites (N-methyl/N-ethyl adjacent to an activating group) is 1. The molecule has 0 fully saturated rings. The van der Waals surface area contributed by atoms with Crippen LogP contribution in [0.15, 0.2) is 18.7 Å². The highest BCUT2D eigenvalue weighted by atomic mass is 16.3. The van der Waals surface area contributed by atoms with E-state index >= 15 is 0 Å². The van der Waals surface area contributed by atoms with Crippen LogP contribution in [-0.4, -0.2) is 33.9 Å². The second kappa shape index (κ2) is 5.88. The van der Waals surface area contributed by atoms with Crippen molar-refractivity contribution in [1.82, 2.24) is 14.9 Å². The predicted molar refractivity (Wildman–Crippen MR) is 60.6 cm³/mol. The fourth-order valence-corrected chi connectivity index (χ4v) is 1.51. The normalized spacial score (nSPS) is 15.1. The Morgan fingerprint density at radius 3 is 2.80 bits per heavy atom. The largest absolute Gasteiger partial charge is 0.394 e. The molecule has 0 bridgehead atoms. The SMILES string of the molecule is CNC(C)(CO)CCCCn1ccnc1. The molecular weight excluding hydrogens is 190 g/mol. The van der Waals surface area contributed by atoms with Crippen LogP contribution in [0.5, 0.6) is 0 Å². The first-order chi connectivity index (χ1) is 7.20. The predicted octanol–water partition coefficient (Wildman–Crippen LogP) is 1.02. The number of aliphatic hydroxyl groups is 1. The molecule has 0 aromatic carbocycles. The Kier molecular flexibility index (Phi) is 4.78. The summed E-state index contributed by atoms with van der Waals surface area (Å²) in [6.45, 7) is 3.24. The van der Waals surface area contributed by atoms with Crippen LogP contribution in [0.3, 0.4) is 0 Å². The standard InChI is InChI=1S/C11H21N3O/c1-11(9-15,12-2)5-3-4-7-14-8-6-13-10-14/h6,8,10,12,15H,3-5,7,9H2,1-2H3. The fraction of sp³-hybridized carbons (Fsp3) is 0.727. The summed E-state index contributed by atoms with van der Waals surface area (Å²) in [5.74, 6) is 0. The first-order valence-corrected chi connectivity index (χ1v) is 5.46. The number of hydrogen-bond donors (Lipinski definition) is 2. The summed E-state index contributed by atoms with van der Waals surface area (Å²) in [6.07, 6.45) is 8.83. The van der Waals surface area contributed by atoms with Crippen LogP contribution in [0, 0.1) is 0 Å². The summed E-state index contributed by atoms with van der Waals surface area (Å²) in [6, 6.07) is 0. The van der Waals surface area contributed by atoms with Gasteiger partial charge in [0.15, 0.2) is 0 Å². The maximum absolute atomic E-state index is 9.19. The molecule has 1 unspecified atom stereocenters. The Bertz CT molecular complexity index is 255. The molecule has 0 aliphatic carbocycles. The maximum atomic E-state index is 9.19. The van der Waals surface area contributed by atoms with E-state index in [4.69, 9.17) is 0 Å². The molecule has 0 spiro atoms. The number of aryl methyl sites for hydroxylation is 1. The number of aliphatic hydroxyl groups excluding tert-OH is 1. The van der Waals surface area contributed by atoms with E-state index in [9.17, 15) is 5.11 Å². The van der Waals surface area contributed by atoms with Crippen molar-refractivity contribution in [3.8, 4) is 0 Å². The van der Waals surface area contributed by atoms with Crippen molar-refractivity contribution in [3.63, 3.8) is 0 Å². The second-order valence-corrected chi connectivity index (χ2v) is 4.23. The van der Waals surface area contributed by atoms with Crippen molar-refractivity contribution in [2.24, 2.45) is 0 Å². The number of unbranched alkanes of at least 4 members (excludes halogenated alkanes) is 1. The fourth-order valence-electron chi connectivity index (χ4n) is 1.51. The Labute approximate surface area is 91.3 Å². The molecule has 1 aromatic rings. The molecule has 86 valence electrons. The Morgan fingerprint density at radius 1 is 1.47 bits per heavy atom. The molecule has 1 aromatic heterocycles. The van der Waals surface area contributed by atoms with Gasteiger partial charge < -0.3 is 15.0 Å². The number of nitrogens with zero attached hydrogens (tertiary/aromatic N) is 2. The Balaban J connectivity index is 2.16. The van der Waals surface area contributed by atoms with Gasteiger partial charge in [-0.15, -0.1) is 0 Å². The van der Waals surface area contributed by atoms with Crippen LogP contribution >= 0.6 is 0 Å². The number of nitrogens with one attached hydrogen (secondary N) is 1. The highest BCUT2D eigenvalue weighted by molar-refractivity contribution is 4.80. The summed E-state index contributed by atoms with van der Waals surface area (Å²) in [5.41, 5.74) is -0.130. The van der Waals surface area contributed by atoms with Crippen LogP contribution in [-0.2, 0) is 6.54 Å². The van der Waals surface area contributed by atoms with Gasteiger partial charge in [-0.3, -0.25) is 0 Å². The molecular formula is C11H21N3O. The molecule has 1 rings (SSSR count). The summed E-state index contributed by atoms with van der Waals surface area (Å²) < 4.78 is 2.08. The maximum Gasteiger partial charge on any atom is 0.0945 e. The molecule has 4 heteroatoms. The number of aromatic nitrogens is 2. The average Bonchev–Trinajstić information content (AvgIpc) is 2.77. The number of hydrogen-bond acceptors (Lipinski definition) is 3. The van der Waals surface area contributed by atoms with Crippen LogP contribution in [0.2, 0.25) is 0 Å². The molecule has 0 aliphatic heterocycles. The minimum absolute atomic E-state index is 0.130. The zero-order valence-electron chi connectivity index (χ0n) is 9.61. The first-order valence-electron chi connectivity index (χ1n) is 5.46. The first kappa shape index (κ1) is 12.2. The van der Waals surface area contributed by atoms with Gasteiger partial charge in [0.25, 0.3) is 0 Å². The van der Waals surface area contributed by atoms with E-state index in [1.54, 1.807) is 6.20 Å². The number of imidazole rings is 1. The molecule has 0 saturated heterocycles. The van der Waals surface area contributed by atoms with Gasteiger partial charge >= 0.3 is 0 Å². The molecule has 1 atom stereocenters. The van der Waals surface area contributed by atoms with Gasteiger partial charge in [0.1, 0.15) is 0 Å². The average molecular weight is 211 g/mol. The topological polar surface area (TPSA) is 50.1 Å². The van der Waals surface area contributed by atoms with Gasteiger partial charge in [0, 0.05) is 24.5 Å². The van der Waals surface area contributed by atoms with Crippen LogP contribution < -0.4 is 5.32 Å². The molecule has 2 N–H and O–H groups in total. The summed E-state index contributed by atoms with van der Waals surface area (Å²) in [7, 11) is 1.89. The molecule has 0 saturated carbocycles. The lowest BCUT2D eigenvalue weighted by Gasteiger charge is -2.26. The number of rotatable bonds is 7. The molecule has 1 heterocycles. The van der Waals surface area contributed by atoms with Crippen molar-refractivity contribution in [2.75, 3.05) is 13.7 Å². The van der Waals surface area contributed by atoms with Gasteiger partial charge in [-0.2, -0.15) is 0 Å². The van der Waals surface area contributed by atoms with Gasteiger partial charge in [-0.25, -0.2) is 4.98 Å². The van der Waals surface area contributed by atoms with Gasteiger partial charge in [0.05, 0.1) is 12.9 Å². The van der Waals surface area contributed by atoms with E-state index in [1.807, 2.05) is 26.5 Å². The lowest BCUT2D eigenvalue weighted by atomic mass is 9.96. The summed E-state index contributed by atoms with van der Waals surface area (Å²) in [5, 5.41) is 12.3. The highest BCUT2D eigenvalue weighted by Crippen LogP contribution is 2.12. The smallest absolute Gasteiger partial charge is 0.0945 e. The monoisotopic (exact) mass is 211 g/mol. The third kappa shape index (κ3) is 4.01.